The van der Waals surface area contributed by atoms with Crippen LogP contribution in [0.1, 0.15) is 38.3 Å². The van der Waals surface area contributed by atoms with Gasteiger partial charge >= 0.3 is 5.97 Å². The fourth-order valence-electron chi connectivity index (χ4n) is 2.38. The third-order valence-electron chi connectivity index (χ3n) is 3.67. The normalized spacial score (nSPS) is 16.9. The number of anilines is 1. The Balaban J connectivity index is 1.95. The summed E-state index contributed by atoms with van der Waals surface area (Å²) in [5.41, 5.74) is 0.914. The summed E-state index contributed by atoms with van der Waals surface area (Å²) in [4.78, 5) is 19.2. The van der Waals surface area contributed by atoms with Crippen molar-refractivity contribution in [3.05, 3.63) is 18.1 Å². The molecule has 1 aliphatic rings. The third-order valence-corrected chi connectivity index (χ3v) is 3.67. The predicted octanol–water partition coefficient (Wildman–Crippen LogP) is 2.10. The summed E-state index contributed by atoms with van der Waals surface area (Å²) in [5.74, 6) is 0.0759. The SMILES string of the molecule is CCc1cc(NCC2(CC(=O)O)CCC2)ncn1. The molecule has 5 heteroatoms. The zero-order valence-electron chi connectivity index (χ0n) is 10.6. The summed E-state index contributed by atoms with van der Waals surface area (Å²) in [6.45, 7) is 2.73. The molecule has 0 saturated heterocycles. The van der Waals surface area contributed by atoms with E-state index in [-0.39, 0.29) is 11.8 Å². The van der Waals surface area contributed by atoms with Crippen molar-refractivity contribution in [1.82, 2.24) is 9.97 Å². The Labute approximate surface area is 107 Å². The number of aliphatic carboxylic acids is 1. The van der Waals surface area contributed by atoms with Gasteiger partial charge in [-0.15, -0.1) is 0 Å². The Hall–Kier alpha value is -1.65. The Morgan fingerprint density at radius 2 is 2.28 bits per heavy atom. The lowest BCUT2D eigenvalue weighted by atomic mass is 9.66. The van der Waals surface area contributed by atoms with Crippen LogP contribution in [0.25, 0.3) is 0 Å². The van der Waals surface area contributed by atoms with Crippen molar-refractivity contribution in [2.75, 3.05) is 11.9 Å². The number of nitrogens with zero attached hydrogens (tertiary/aromatic N) is 2. The monoisotopic (exact) mass is 249 g/mol. The first-order valence-electron chi connectivity index (χ1n) is 6.40. The van der Waals surface area contributed by atoms with Gasteiger partial charge in [0.2, 0.25) is 0 Å². The van der Waals surface area contributed by atoms with E-state index in [0.29, 0.717) is 6.54 Å². The molecule has 5 nitrogen and oxygen atoms in total. The first-order valence-corrected chi connectivity index (χ1v) is 6.40. The molecule has 1 aromatic heterocycles. The Kier molecular flexibility index (Phi) is 3.79. The number of rotatable bonds is 6. The van der Waals surface area contributed by atoms with Gasteiger partial charge in [-0.05, 0) is 24.7 Å². The number of aromatic nitrogens is 2. The average molecular weight is 249 g/mol. The van der Waals surface area contributed by atoms with Gasteiger partial charge in [-0.25, -0.2) is 9.97 Å². The molecule has 0 amide bonds. The Morgan fingerprint density at radius 1 is 1.50 bits per heavy atom. The summed E-state index contributed by atoms with van der Waals surface area (Å²) in [7, 11) is 0. The summed E-state index contributed by atoms with van der Waals surface area (Å²) in [5, 5.41) is 12.2. The number of carboxylic acids is 1. The Bertz CT molecular complexity index is 430. The van der Waals surface area contributed by atoms with Crippen LogP contribution in [-0.2, 0) is 11.2 Å². The largest absolute Gasteiger partial charge is 0.481 e. The smallest absolute Gasteiger partial charge is 0.303 e. The molecule has 0 spiro atoms. The first kappa shape index (κ1) is 12.8. The summed E-state index contributed by atoms with van der Waals surface area (Å²) in [6.07, 6.45) is 5.75. The van der Waals surface area contributed by atoms with Crippen molar-refractivity contribution >= 4 is 11.8 Å². The molecule has 1 fully saturated rings. The standard InChI is InChI=1S/C13H19N3O2/c1-2-10-6-11(16-9-15-10)14-8-13(4-3-5-13)7-12(17)18/h6,9H,2-5,7-8H2,1H3,(H,17,18)(H,14,15,16). The molecule has 1 saturated carbocycles. The maximum Gasteiger partial charge on any atom is 0.303 e. The average Bonchev–Trinajstić information content (AvgIpc) is 2.32. The molecular weight excluding hydrogens is 230 g/mol. The summed E-state index contributed by atoms with van der Waals surface area (Å²) in [6, 6.07) is 1.92. The van der Waals surface area contributed by atoms with Crippen molar-refractivity contribution in [1.29, 1.82) is 0 Å². The highest BCUT2D eigenvalue weighted by Crippen LogP contribution is 2.43. The second-order valence-corrected chi connectivity index (χ2v) is 5.03. The minimum atomic E-state index is -0.714. The molecule has 0 radical (unpaired) electrons. The van der Waals surface area contributed by atoms with E-state index in [2.05, 4.69) is 15.3 Å². The van der Waals surface area contributed by atoms with Crippen LogP contribution in [0.2, 0.25) is 0 Å². The van der Waals surface area contributed by atoms with Crippen LogP contribution in [0.15, 0.2) is 12.4 Å². The van der Waals surface area contributed by atoms with E-state index in [4.69, 9.17) is 5.11 Å². The maximum atomic E-state index is 10.9. The molecule has 0 bridgehead atoms. The van der Waals surface area contributed by atoms with Gasteiger partial charge in [0.1, 0.15) is 12.1 Å². The zero-order valence-corrected chi connectivity index (χ0v) is 10.6. The van der Waals surface area contributed by atoms with E-state index in [1.807, 2.05) is 13.0 Å². The van der Waals surface area contributed by atoms with Crippen molar-refractivity contribution in [2.45, 2.75) is 39.0 Å². The van der Waals surface area contributed by atoms with Crippen molar-refractivity contribution < 1.29 is 9.90 Å². The Morgan fingerprint density at radius 3 is 2.83 bits per heavy atom. The highest BCUT2D eigenvalue weighted by Gasteiger charge is 2.38. The second-order valence-electron chi connectivity index (χ2n) is 5.03. The summed E-state index contributed by atoms with van der Waals surface area (Å²) < 4.78 is 0. The molecule has 1 heterocycles. The quantitative estimate of drug-likeness (QED) is 0.807. The van der Waals surface area contributed by atoms with Crippen molar-refractivity contribution in [2.24, 2.45) is 5.41 Å². The third kappa shape index (κ3) is 2.97. The van der Waals surface area contributed by atoms with E-state index >= 15 is 0 Å². The minimum absolute atomic E-state index is 0.0802. The second kappa shape index (κ2) is 5.33. The van der Waals surface area contributed by atoms with E-state index in [9.17, 15) is 4.79 Å². The lowest BCUT2D eigenvalue weighted by Crippen LogP contribution is -2.38. The lowest BCUT2D eigenvalue weighted by molar-refractivity contribution is -0.141. The number of aryl methyl sites for hydroxylation is 1. The van der Waals surface area contributed by atoms with Crippen molar-refractivity contribution in [3.63, 3.8) is 0 Å². The number of hydrogen-bond acceptors (Lipinski definition) is 4. The van der Waals surface area contributed by atoms with Crippen LogP contribution in [0.3, 0.4) is 0 Å². The van der Waals surface area contributed by atoms with Crippen LogP contribution in [0, 0.1) is 5.41 Å². The molecule has 1 aromatic rings. The molecule has 2 rings (SSSR count). The van der Waals surface area contributed by atoms with Gasteiger partial charge in [0, 0.05) is 18.3 Å². The topological polar surface area (TPSA) is 75.1 Å². The van der Waals surface area contributed by atoms with Crippen LogP contribution in [-0.4, -0.2) is 27.6 Å². The molecule has 0 aliphatic heterocycles. The van der Waals surface area contributed by atoms with Crippen molar-refractivity contribution in [3.8, 4) is 0 Å². The molecule has 98 valence electrons. The number of hydrogen-bond donors (Lipinski definition) is 2. The number of carbonyl (C=O) groups is 1. The van der Waals surface area contributed by atoms with Gasteiger partial charge in [0.25, 0.3) is 0 Å². The zero-order chi connectivity index (χ0) is 13.0. The predicted molar refractivity (Wildman–Crippen MR) is 68.4 cm³/mol. The number of nitrogens with one attached hydrogen (secondary N) is 1. The van der Waals surface area contributed by atoms with Gasteiger partial charge in [0.15, 0.2) is 0 Å². The van der Waals surface area contributed by atoms with Crippen LogP contribution >= 0.6 is 0 Å². The first-order chi connectivity index (χ1) is 8.63. The number of carboxylic acid groups (broad SMARTS) is 1. The molecule has 0 aromatic carbocycles. The molecule has 0 atom stereocenters. The summed E-state index contributed by atoms with van der Waals surface area (Å²) >= 11 is 0. The minimum Gasteiger partial charge on any atom is -0.481 e. The van der Waals surface area contributed by atoms with Gasteiger partial charge in [-0.2, -0.15) is 0 Å². The van der Waals surface area contributed by atoms with E-state index in [0.717, 1.165) is 37.2 Å². The van der Waals surface area contributed by atoms with Gasteiger partial charge in [0.05, 0.1) is 6.42 Å². The van der Waals surface area contributed by atoms with E-state index < -0.39 is 5.97 Å². The molecule has 0 unspecified atom stereocenters. The van der Waals surface area contributed by atoms with E-state index in [1.54, 1.807) is 6.33 Å². The van der Waals surface area contributed by atoms with Crippen LogP contribution < -0.4 is 5.32 Å². The molecule has 1 aliphatic carbocycles. The molecule has 18 heavy (non-hydrogen) atoms. The fraction of sp³-hybridized carbons (Fsp3) is 0.615. The maximum absolute atomic E-state index is 10.9. The van der Waals surface area contributed by atoms with Gasteiger partial charge < -0.3 is 10.4 Å². The highest BCUT2D eigenvalue weighted by atomic mass is 16.4. The molecular formula is C13H19N3O2. The van der Waals surface area contributed by atoms with Gasteiger partial charge in [-0.1, -0.05) is 13.3 Å². The molecule has 2 N–H and O–H groups in total. The highest BCUT2D eigenvalue weighted by molar-refractivity contribution is 5.68. The van der Waals surface area contributed by atoms with E-state index in [1.165, 1.54) is 0 Å². The lowest BCUT2D eigenvalue weighted by Gasteiger charge is -2.41. The van der Waals surface area contributed by atoms with Crippen LogP contribution in [0.4, 0.5) is 5.82 Å². The van der Waals surface area contributed by atoms with Gasteiger partial charge in [-0.3, -0.25) is 4.79 Å². The fourth-order valence-corrected chi connectivity index (χ4v) is 2.38. The van der Waals surface area contributed by atoms with Crippen LogP contribution in [0.5, 0.6) is 0 Å².